The van der Waals surface area contributed by atoms with Crippen LogP contribution in [0.5, 0.6) is 0 Å². The molecule has 33 heavy (non-hydrogen) atoms. The molecule has 0 unspecified atom stereocenters. The van der Waals surface area contributed by atoms with E-state index in [4.69, 9.17) is 0 Å². The number of nitrogens with zero attached hydrogens (tertiary/aromatic N) is 1. The summed E-state index contributed by atoms with van der Waals surface area (Å²) in [6.45, 7) is 0. The van der Waals surface area contributed by atoms with Gasteiger partial charge in [0.25, 0.3) is 5.91 Å². The number of fused-ring (bicyclic) bond motifs is 2. The molecule has 2 N–H and O–H groups in total. The number of nitrogens with one attached hydrogen (secondary N) is 2. The van der Waals surface area contributed by atoms with Gasteiger partial charge in [-0.25, -0.2) is 4.98 Å². The van der Waals surface area contributed by atoms with E-state index in [1.807, 2.05) is 60.7 Å². The Bertz CT molecular complexity index is 1310. The molecule has 1 aromatic heterocycles. The van der Waals surface area contributed by atoms with Gasteiger partial charge in [0.2, 0.25) is 5.91 Å². The second-order valence-electron chi connectivity index (χ2n) is 8.33. The van der Waals surface area contributed by atoms with Gasteiger partial charge in [-0.2, -0.15) is 0 Å². The highest BCUT2D eigenvalue weighted by atomic mass is 32.2. The summed E-state index contributed by atoms with van der Waals surface area (Å²) in [7, 11) is 0. The van der Waals surface area contributed by atoms with Crippen LogP contribution in [0.4, 0.5) is 5.69 Å². The molecule has 0 bridgehead atoms. The zero-order valence-corrected chi connectivity index (χ0v) is 19.8. The van der Waals surface area contributed by atoms with Gasteiger partial charge in [-0.3, -0.25) is 9.59 Å². The molecule has 5 rings (SSSR count). The molecule has 1 fully saturated rings. The van der Waals surface area contributed by atoms with Crippen molar-refractivity contribution in [1.29, 1.82) is 0 Å². The Morgan fingerprint density at radius 3 is 2.70 bits per heavy atom. The van der Waals surface area contributed by atoms with Crippen LogP contribution in [0.3, 0.4) is 0 Å². The summed E-state index contributed by atoms with van der Waals surface area (Å²) in [5, 5.41) is 8.14. The Kier molecular flexibility index (Phi) is 6.60. The van der Waals surface area contributed by atoms with E-state index < -0.39 is 0 Å². The number of amides is 2. The van der Waals surface area contributed by atoms with Crippen molar-refractivity contribution in [3.05, 3.63) is 66.2 Å². The quantitative estimate of drug-likeness (QED) is 0.324. The molecule has 5 nitrogen and oxygen atoms in total. The second kappa shape index (κ2) is 9.93. The number of aromatic nitrogens is 1. The molecule has 1 saturated carbocycles. The first-order chi connectivity index (χ1) is 16.2. The predicted octanol–water partition coefficient (Wildman–Crippen LogP) is 6.24. The predicted molar refractivity (Wildman–Crippen MR) is 137 cm³/mol. The standard InChI is InChI=1S/C26H25N3O2S2/c30-24(27-18-9-2-1-3-10-18)16-32-26-29-22-14-13-19(15-23(22)33-26)28-25(31)21-12-6-8-17-7-4-5-11-20(17)21/h4-8,11-15,18H,1-3,9-10,16H2,(H,27,30)(H,28,31). The average molecular weight is 476 g/mol. The zero-order valence-electron chi connectivity index (χ0n) is 18.2. The third-order valence-electron chi connectivity index (χ3n) is 5.96. The molecule has 3 aromatic carbocycles. The molecule has 4 aromatic rings. The number of rotatable bonds is 6. The highest BCUT2D eigenvalue weighted by molar-refractivity contribution is 8.01. The molecule has 168 valence electrons. The Morgan fingerprint density at radius 1 is 1.00 bits per heavy atom. The maximum Gasteiger partial charge on any atom is 0.256 e. The lowest BCUT2D eigenvalue weighted by Crippen LogP contribution is -2.37. The number of carbonyl (C=O) groups is 2. The fourth-order valence-corrected chi connectivity index (χ4v) is 6.23. The smallest absolute Gasteiger partial charge is 0.256 e. The molecule has 0 saturated heterocycles. The van der Waals surface area contributed by atoms with E-state index in [0.717, 1.165) is 43.9 Å². The topological polar surface area (TPSA) is 71.1 Å². The first-order valence-electron chi connectivity index (χ1n) is 11.3. The first kappa shape index (κ1) is 21.9. The van der Waals surface area contributed by atoms with Gasteiger partial charge in [0, 0.05) is 17.3 Å². The number of thioether (sulfide) groups is 1. The number of hydrogen-bond donors (Lipinski definition) is 2. The van der Waals surface area contributed by atoms with Crippen LogP contribution in [0, 0.1) is 0 Å². The maximum absolute atomic E-state index is 12.9. The van der Waals surface area contributed by atoms with Gasteiger partial charge in [0.15, 0.2) is 4.34 Å². The lowest BCUT2D eigenvalue weighted by molar-refractivity contribution is -0.119. The van der Waals surface area contributed by atoms with E-state index in [1.54, 1.807) is 11.3 Å². The molecular weight excluding hydrogens is 450 g/mol. The summed E-state index contributed by atoms with van der Waals surface area (Å²) in [5.74, 6) is 0.319. The van der Waals surface area contributed by atoms with Crippen LogP contribution in [-0.4, -0.2) is 28.6 Å². The molecule has 2 amide bonds. The van der Waals surface area contributed by atoms with Gasteiger partial charge >= 0.3 is 0 Å². The largest absolute Gasteiger partial charge is 0.353 e. The summed E-state index contributed by atoms with van der Waals surface area (Å²) >= 11 is 3.01. The van der Waals surface area contributed by atoms with Crippen molar-refractivity contribution in [2.24, 2.45) is 0 Å². The Balaban J connectivity index is 1.24. The van der Waals surface area contributed by atoms with Crippen LogP contribution in [0.2, 0.25) is 0 Å². The molecule has 0 spiro atoms. The molecule has 0 aliphatic heterocycles. The highest BCUT2D eigenvalue weighted by Crippen LogP contribution is 2.31. The summed E-state index contributed by atoms with van der Waals surface area (Å²) in [6.07, 6.45) is 5.86. The van der Waals surface area contributed by atoms with E-state index in [2.05, 4.69) is 15.6 Å². The number of benzene rings is 3. The number of anilines is 1. The lowest BCUT2D eigenvalue weighted by atomic mass is 9.95. The van der Waals surface area contributed by atoms with E-state index in [1.165, 1.54) is 31.0 Å². The molecule has 7 heteroatoms. The van der Waals surface area contributed by atoms with Crippen LogP contribution >= 0.6 is 23.1 Å². The van der Waals surface area contributed by atoms with Crippen molar-refractivity contribution in [2.75, 3.05) is 11.1 Å². The minimum atomic E-state index is -0.135. The first-order valence-corrected chi connectivity index (χ1v) is 13.1. The van der Waals surface area contributed by atoms with Gasteiger partial charge in [-0.1, -0.05) is 67.4 Å². The third kappa shape index (κ3) is 5.20. The zero-order chi connectivity index (χ0) is 22.6. The molecule has 0 radical (unpaired) electrons. The SMILES string of the molecule is O=C(CSc1nc2ccc(NC(=O)c3cccc4ccccc34)cc2s1)NC1CCCCC1. The molecule has 1 aliphatic carbocycles. The number of hydrogen-bond acceptors (Lipinski definition) is 5. The summed E-state index contributed by atoms with van der Waals surface area (Å²) in [6, 6.07) is 19.7. The van der Waals surface area contributed by atoms with Crippen molar-refractivity contribution >= 4 is 61.6 Å². The van der Waals surface area contributed by atoms with Gasteiger partial charge in [0.1, 0.15) is 0 Å². The van der Waals surface area contributed by atoms with Crippen LogP contribution in [0.1, 0.15) is 42.5 Å². The fraction of sp³-hybridized carbons (Fsp3) is 0.269. The fourth-order valence-electron chi connectivity index (χ4n) is 4.31. The van der Waals surface area contributed by atoms with Crippen molar-refractivity contribution in [3.8, 4) is 0 Å². The van der Waals surface area contributed by atoms with Crippen molar-refractivity contribution < 1.29 is 9.59 Å². The maximum atomic E-state index is 12.9. The van der Waals surface area contributed by atoms with Gasteiger partial charge in [0.05, 0.1) is 16.0 Å². The van der Waals surface area contributed by atoms with Crippen molar-refractivity contribution in [3.63, 3.8) is 0 Å². The number of carbonyl (C=O) groups excluding carboxylic acids is 2. The minimum Gasteiger partial charge on any atom is -0.353 e. The average Bonchev–Trinajstić information content (AvgIpc) is 3.25. The summed E-state index contributed by atoms with van der Waals surface area (Å²) < 4.78 is 1.85. The van der Waals surface area contributed by atoms with E-state index in [0.29, 0.717) is 17.4 Å². The van der Waals surface area contributed by atoms with E-state index in [-0.39, 0.29) is 11.8 Å². The van der Waals surface area contributed by atoms with E-state index in [9.17, 15) is 9.59 Å². The van der Waals surface area contributed by atoms with Crippen molar-refractivity contribution in [1.82, 2.24) is 10.3 Å². The molecule has 1 aliphatic rings. The van der Waals surface area contributed by atoms with Crippen LogP contribution in [0.25, 0.3) is 21.0 Å². The monoisotopic (exact) mass is 475 g/mol. The van der Waals surface area contributed by atoms with Crippen LogP contribution < -0.4 is 10.6 Å². The van der Waals surface area contributed by atoms with Gasteiger partial charge in [-0.05, 0) is 47.9 Å². The second-order valence-corrected chi connectivity index (χ2v) is 10.6. The normalized spacial score (nSPS) is 14.4. The molecule has 1 heterocycles. The number of thiazole rings is 1. The van der Waals surface area contributed by atoms with Crippen LogP contribution in [-0.2, 0) is 4.79 Å². The Hall–Kier alpha value is -2.90. The minimum absolute atomic E-state index is 0.0780. The summed E-state index contributed by atoms with van der Waals surface area (Å²) in [5.41, 5.74) is 2.26. The lowest BCUT2D eigenvalue weighted by Gasteiger charge is -2.22. The van der Waals surface area contributed by atoms with Crippen molar-refractivity contribution in [2.45, 2.75) is 42.5 Å². The van der Waals surface area contributed by atoms with Gasteiger partial charge in [-0.15, -0.1) is 11.3 Å². The van der Waals surface area contributed by atoms with E-state index >= 15 is 0 Å². The molecule has 0 atom stereocenters. The Morgan fingerprint density at radius 2 is 1.82 bits per heavy atom. The Labute approximate surface area is 201 Å². The van der Waals surface area contributed by atoms with Gasteiger partial charge < -0.3 is 10.6 Å². The highest BCUT2D eigenvalue weighted by Gasteiger charge is 2.16. The van der Waals surface area contributed by atoms with Crippen LogP contribution in [0.15, 0.2) is 65.0 Å². The third-order valence-corrected chi connectivity index (χ3v) is 8.12. The molecular formula is C26H25N3O2S2. The summed E-state index contributed by atoms with van der Waals surface area (Å²) in [4.78, 5) is 29.9.